The minimum absolute atomic E-state index is 0.0645. The molecule has 6 fully saturated rings. The van der Waals surface area contributed by atoms with Gasteiger partial charge >= 0.3 is 9.05 Å². The number of carbonyl (C=O) groups excluding carboxylic acids is 4. The number of ketones is 4. The van der Waals surface area contributed by atoms with Crippen LogP contribution in [0.15, 0.2) is 0 Å². The second-order valence-electron chi connectivity index (χ2n) is 15.2. The standard InChI is InChI=1S/C28H40O8Si/c1-21(2)17(29)13-14-18(30)22(3,4)26(13,10)34-37(33-25(14,21)9)35-27(11)16-15(19(31)23(27,5)6)28(12,36-37)24(7,8)20(16)32/h13-16H,1-12H3/t13-,14-,15-,16-,25+,26+,27+,28+/m0/s1. The normalized spacial score (nSPS) is 53.1. The van der Waals surface area contributed by atoms with E-state index in [2.05, 4.69) is 0 Å². The molecule has 0 N–H and O–H groups in total. The topological polar surface area (TPSA) is 105 Å². The molecule has 6 aliphatic rings. The molecule has 9 heteroatoms. The first kappa shape index (κ1) is 26.0. The van der Waals surface area contributed by atoms with Crippen LogP contribution in [0, 0.1) is 45.3 Å². The van der Waals surface area contributed by atoms with Crippen LogP contribution in [0.1, 0.15) is 83.1 Å². The molecule has 0 unspecified atom stereocenters. The van der Waals surface area contributed by atoms with Crippen molar-refractivity contribution in [2.75, 3.05) is 0 Å². The van der Waals surface area contributed by atoms with E-state index < -0.39 is 76.8 Å². The van der Waals surface area contributed by atoms with Gasteiger partial charge in [-0.3, -0.25) is 19.2 Å². The summed E-state index contributed by atoms with van der Waals surface area (Å²) in [6.07, 6.45) is 0. The highest BCUT2D eigenvalue weighted by atomic mass is 28.4. The molecule has 0 amide bonds. The van der Waals surface area contributed by atoms with Crippen LogP contribution in [-0.4, -0.2) is 54.6 Å². The van der Waals surface area contributed by atoms with Gasteiger partial charge in [0.05, 0.1) is 67.7 Å². The van der Waals surface area contributed by atoms with Crippen molar-refractivity contribution in [2.24, 2.45) is 45.3 Å². The van der Waals surface area contributed by atoms with Crippen LogP contribution in [0.5, 0.6) is 0 Å². The summed E-state index contributed by atoms with van der Waals surface area (Å²) in [5.74, 6) is -3.16. The maximum absolute atomic E-state index is 13.9. The maximum Gasteiger partial charge on any atom is 0.681 e. The van der Waals surface area contributed by atoms with Crippen LogP contribution in [0.25, 0.3) is 0 Å². The summed E-state index contributed by atoms with van der Waals surface area (Å²) in [6.45, 7) is 21.8. The Morgan fingerprint density at radius 3 is 0.730 bits per heavy atom. The van der Waals surface area contributed by atoms with Crippen LogP contribution in [0.2, 0.25) is 0 Å². The van der Waals surface area contributed by atoms with Crippen LogP contribution in [-0.2, 0) is 36.9 Å². The number of Topliss-reactive ketones (excluding diaryl/α,β-unsaturated/α-hetero) is 4. The smallest absolute Gasteiger partial charge is 0.344 e. The number of hydrogen-bond acceptors (Lipinski definition) is 8. The highest BCUT2D eigenvalue weighted by molar-refractivity contribution is 6.55. The van der Waals surface area contributed by atoms with Crippen LogP contribution in [0.4, 0.5) is 0 Å². The lowest BCUT2D eigenvalue weighted by Crippen LogP contribution is -2.73. The Balaban J connectivity index is 1.65. The fourth-order valence-electron chi connectivity index (χ4n) is 8.89. The summed E-state index contributed by atoms with van der Waals surface area (Å²) in [4.78, 5) is 55.6. The van der Waals surface area contributed by atoms with Crippen molar-refractivity contribution in [1.82, 2.24) is 0 Å². The summed E-state index contributed by atoms with van der Waals surface area (Å²) in [6, 6.07) is 0. The first-order valence-electron chi connectivity index (χ1n) is 13.4. The lowest BCUT2D eigenvalue weighted by Gasteiger charge is -2.56. The summed E-state index contributed by atoms with van der Waals surface area (Å²) in [5, 5.41) is 0. The Hall–Kier alpha value is -1.26. The molecule has 4 saturated carbocycles. The van der Waals surface area contributed by atoms with E-state index in [9.17, 15) is 19.2 Å². The van der Waals surface area contributed by atoms with Gasteiger partial charge < -0.3 is 17.7 Å². The summed E-state index contributed by atoms with van der Waals surface area (Å²) in [5.41, 5.74) is -9.12. The van der Waals surface area contributed by atoms with Gasteiger partial charge in [-0.15, -0.1) is 0 Å². The zero-order valence-electron chi connectivity index (χ0n) is 24.1. The molecule has 8 bridgehead atoms. The van der Waals surface area contributed by atoms with E-state index in [4.69, 9.17) is 17.7 Å². The summed E-state index contributed by atoms with van der Waals surface area (Å²) in [7, 11) is -4.26. The van der Waals surface area contributed by atoms with E-state index in [1.807, 2.05) is 83.1 Å². The molecule has 4 aliphatic carbocycles. The molecule has 8 nitrogen and oxygen atoms in total. The third kappa shape index (κ3) is 2.18. The predicted octanol–water partition coefficient (Wildman–Crippen LogP) is 3.45. The zero-order valence-corrected chi connectivity index (χ0v) is 25.1. The second kappa shape index (κ2) is 6.07. The molecule has 8 atom stereocenters. The molecule has 2 heterocycles. The van der Waals surface area contributed by atoms with Gasteiger partial charge in [-0.05, 0) is 27.7 Å². The Labute approximate surface area is 220 Å². The third-order valence-electron chi connectivity index (χ3n) is 12.9. The fourth-order valence-corrected chi connectivity index (χ4v) is 12.8. The highest BCUT2D eigenvalue weighted by Gasteiger charge is 2.89. The minimum atomic E-state index is -4.26. The van der Waals surface area contributed by atoms with Gasteiger partial charge in [-0.2, -0.15) is 0 Å². The molecule has 0 aromatic heterocycles. The van der Waals surface area contributed by atoms with Gasteiger partial charge in [0, 0.05) is 0 Å². The Morgan fingerprint density at radius 2 is 0.568 bits per heavy atom. The largest absolute Gasteiger partial charge is 0.681 e. The number of carbonyl (C=O) groups is 4. The molecule has 2 saturated heterocycles. The van der Waals surface area contributed by atoms with E-state index >= 15 is 0 Å². The molecule has 2 aliphatic heterocycles. The van der Waals surface area contributed by atoms with Crippen LogP contribution >= 0.6 is 0 Å². The molecule has 37 heavy (non-hydrogen) atoms. The average molecular weight is 533 g/mol. The van der Waals surface area contributed by atoms with Crippen molar-refractivity contribution >= 4 is 32.2 Å². The van der Waals surface area contributed by atoms with Gasteiger partial charge in [0.2, 0.25) is 0 Å². The molecular formula is C28H40O8Si. The minimum Gasteiger partial charge on any atom is -0.344 e. The summed E-state index contributed by atoms with van der Waals surface area (Å²) >= 11 is 0. The van der Waals surface area contributed by atoms with E-state index in [0.717, 1.165) is 0 Å². The number of hydrogen-bond donors (Lipinski definition) is 0. The van der Waals surface area contributed by atoms with Crippen molar-refractivity contribution in [1.29, 1.82) is 0 Å². The lowest BCUT2D eigenvalue weighted by molar-refractivity contribution is -0.230. The fraction of sp³-hybridized carbons (Fsp3) is 0.857. The molecule has 204 valence electrons. The molecule has 1 spiro atoms. The van der Waals surface area contributed by atoms with Crippen molar-refractivity contribution in [3.05, 3.63) is 0 Å². The van der Waals surface area contributed by atoms with Gasteiger partial charge in [-0.25, -0.2) is 0 Å². The average Bonchev–Trinajstić information content (AvgIpc) is 3.07. The predicted molar refractivity (Wildman–Crippen MR) is 133 cm³/mol. The Bertz CT molecular complexity index is 1040. The first-order valence-corrected chi connectivity index (χ1v) is 15.1. The molecule has 0 aromatic rings. The van der Waals surface area contributed by atoms with Crippen molar-refractivity contribution in [2.45, 2.75) is 105 Å². The SMILES string of the molecule is CC1(C)C(=O)[C@@H]2[C@H]3C(=O)C(C)(C)[C@]2(C)O[Si]2(O[C@]31C)O[C@]1(C)[C@@H]3C(=O)C(C)(C)[C@](C)(O2)[C@@H]3C(=O)C1(C)C. The zero-order chi connectivity index (χ0) is 27.9. The van der Waals surface area contributed by atoms with Crippen molar-refractivity contribution in [3.63, 3.8) is 0 Å². The van der Waals surface area contributed by atoms with E-state index in [1.54, 1.807) is 0 Å². The third-order valence-corrected chi connectivity index (χ3v) is 15.6. The van der Waals surface area contributed by atoms with Crippen LogP contribution < -0.4 is 0 Å². The van der Waals surface area contributed by atoms with E-state index in [0.29, 0.717) is 0 Å². The van der Waals surface area contributed by atoms with Gasteiger partial charge in [-0.1, -0.05) is 55.4 Å². The molecule has 0 radical (unpaired) electrons. The van der Waals surface area contributed by atoms with Crippen molar-refractivity contribution in [3.8, 4) is 0 Å². The second-order valence-corrected chi connectivity index (χ2v) is 17.0. The highest BCUT2D eigenvalue weighted by Crippen LogP contribution is 2.73. The monoisotopic (exact) mass is 532 g/mol. The number of rotatable bonds is 0. The van der Waals surface area contributed by atoms with Gasteiger partial charge in [0.1, 0.15) is 23.1 Å². The maximum atomic E-state index is 13.9. The summed E-state index contributed by atoms with van der Waals surface area (Å²) < 4.78 is 27.8. The molecular weight excluding hydrogens is 492 g/mol. The molecule has 0 aromatic carbocycles. The Morgan fingerprint density at radius 1 is 0.405 bits per heavy atom. The lowest BCUT2D eigenvalue weighted by atomic mass is 9.68. The first-order chi connectivity index (χ1) is 16.4. The van der Waals surface area contributed by atoms with E-state index in [-0.39, 0.29) is 23.1 Å². The van der Waals surface area contributed by atoms with E-state index in [1.165, 1.54) is 0 Å². The molecule has 6 rings (SSSR count). The Kier molecular flexibility index (Phi) is 4.26. The van der Waals surface area contributed by atoms with Crippen molar-refractivity contribution < 1.29 is 36.9 Å². The van der Waals surface area contributed by atoms with Crippen LogP contribution in [0.3, 0.4) is 0 Å². The van der Waals surface area contributed by atoms with Gasteiger partial charge in [0.25, 0.3) is 0 Å². The van der Waals surface area contributed by atoms with Gasteiger partial charge in [0.15, 0.2) is 0 Å². The quantitative estimate of drug-likeness (QED) is 0.437.